The molecule has 0 unspecified atom stereocenters. The molecule has 4 heteroatoms. The van der Waals surface area contributed by atoms with Crippen LogP contribution in [-0.4, -0.2) is 22.6 Å². The molecule has 1 aliphatic rings. The molecule has 0 N–H and O–H groups in total. The summed E-state index contributed by atoms with van der Waals surface area (Å²) in [6.45, 7) is 0. The molecule has 0 bridgehead atoms. The van der Waals surface area contributed by atoms with Crippen LogP contribution in [0.15, 0.2) is 60.9 Å². The first kappa shape index (κ1) is 14.7. The van der Waals surface area contributed by atoms with Gasteiger partial charge in [0.1, 0.15) is 0 Å². The number of fused-ring (bicyclic) bond motifs is 1. The third-order valence-electron chi connectivity index (χ3n) is 4.64. The van der Waals surface area contributed by atoms with E-state index in [0.29, 0.717) is 5.69 Å². The second kappa shape index (κ2) is 5.96. The molecule has 3 aromatic rings. The number of hydrogen-bond donors (Lipinski definition) is 0. The van der Waals surface area contributed by atoms with E-state index in [1.807, 2.05) is 30.3 Å². The van der Waals surface area contributed by atoms with Crippen LogP contribution in [0.5, 0.6) is 0 Å². The molecule has 0 spiro atoms. The molecular formula is C20H18N2O2. The number of esters is 1. The molecule has 0 aliphatic heterocycles. The third kappa shape index (κ3) is 2.40. The molecule has 4 nitrogen and oxygen atoms in total. The Bertz CT molecular complexity index is 859. The van der Waals surface area contributed by atoms with Gasteiger partial charge in [0.05, 0.1) is 19.1 Å². The van der Waals surface area contributed by atoms with Gasteiger partial charge in [0.2, 0.25) is 0 Å². The highest BCUT2D eigenvalue weighted by molar-refractivity contribution is 5.94. The number of benzene rings is 2. The number of methoxy groups -OCH3 is 1. The van der Waals surface area contributed by atoms with Crippen molar-refractivity contribution in [1.82, 2.24) is 9.55 Å². The molecule has 0 radical (unpaired) electrons. The van der Waals surface area contributed by atoms with E-state index in [0.717, 1.165) is 24.1 Å². The predicted octanol–water partition coefficient (Wildman–Crippen LogP) is 3.68. The van der Waals surface area contributed by atoms with E-state index in [4.69, 9.17) is 4.74 Å². The highest BCUT2D eigenvalue weighted by Crippen LogP contribution is 2.34. The van der Waals surface area contributed by atoms with Gasteiger partial charge in [-0.3, -0.25) is 0 Å². The number of hydrogen-bond acceptors (Lipinski definition) is 3. The quantitative estimate of drug-likeness (QED) is 0.692. The fraction of sp³-hybridized carbons (Fsp3) is 0.200. The lowest BCUT2D eigenvalue weighted by Crippen LogP contribution is -2.11. The fourth-order valence-electron chi connectivity index (χ4n) is 3.50. The maximum Gasteiger partial charge on any atom is 0.358 e. The Hall–Kier alpha value is -2.88. The molecular weight excluding hydrogens is 300 g/mol. The second-order valence-electron chi connectivity index (χ2n) is 6.04. The monoisotopic (exact) mass is 318 g/mol. The van der Waals surface area contributed by atoms with Crippen molar-refractivity contribution in [2.75, 3.05) is 7.11 Å². The van der Waals surface area contributed by atoms with Gasteiger partial charge in [0, 0.05) is 11.6 Å². The van der Waals surface area contributed by atoms with Gasteiger partial charge in [0.15, 0.2) is 5.69 Å². The van der Waals surface area contributed by atoms with Crippen molar-refractivity contribution in [2.45, 2.75) is 18.9 Å². The summed E-state index contributed by atoms with van der Waals surface area (Å²) in [6, 6.07) is 18.7. The zero-order valence-electron chi connectivity index (χ0n) is 13.5. The summed E-state index contributed by atoms with van der Waals surface area (Å²) in [5.41, 5.74) is 4.93. The predicted molar refractivity (Wildman–Crippen MR) is 91.9 cm³/mol. The normalized spacial score (nSPS) is 13.7. The smallest absolute Gasteiger partial charge is 0.358 e. The van der Waals surface area contributed by atoms with Crippen LogP contribution in [0.4, 0.5) is 0 Å². The maximum atomic E-state index is 12.2. The van der Waals surface area contributed by atoms with Gasteiger partial charge in [-0.1, -0.05) is 54.6 Å². The lowest BCUT2D eigenvalue weighted by Gasteiger charge is -2.16. The number of aromatic nitrogens is 2. The standard InChI is InChI=1S/C20H18N2O2/c1-24-20(23)18-19(14-7-3-2-4-8-14)22(13-21-18)17-11-15-9-5-6-10-16(15)12-17/h2-10,13,17H,11-12H2,1H3. The van der Waals surface area contributed by atoms with Crippen LogP contribution in [0.25, 0.3) is 11.3 Å². The number of rotatable bonds is 3. The minimum absolute atomic E-state index is 0.267. The molecule has 24 heavy (non-hydrogen) atoms. The van der Waals surface area contributed by atoms with Crippen molar-refractivity contribution in [3.05, 3.63) is 77.7 Å². The van der Waals surface area contributed by atoms with Crippen molar-refractivity contribution >= 4 is 5.97 Å². The summed E-state index contributed by atoms with van der Waals surface area (Å²) >= 11 is 0. The minimum Gasteiger partial charge on any atom is -0.464 e. The third-order valence-corrected chi connectivity index (χ3v) is 4.64. The summed E-state index contributed by atoms with van der Waals surface area (Å²) in [5.74, 6) is -0.400. The highest BCUT2D eigenvalue weighted by atomic mass is 16.5. The Morgan fingerprint density at radius 2 is 1.67 bits per heavy atom. The maximum absolute atomic E-state index is 12.2. The summed E-state index contributed by atoms with van der Waals surface area (Å²) in [7, 11) is 1.39. The van der Waals surface area contributed by atoms with E-state index in [2.05, 4.69) is 33.8 Å². The first-order valence-electron chi connectivity index (χ1n) is 8.05. The number of imidazole rings is 1. The topological polar surface area (TPSA) is 44.1 Å². The van der Waals surface area contributed by atoms with Crippen molar-refractivity contribution in [3.8, 4) is 11.3 Å². The zero-order valence-corrected chi connectivity index (χ0v) is 13.5. The first-order chi connectivity index (χ1) is 11.8. The molecule has 1 aromatic heterocycles. The molecule has 2 aromatic carbocycles. The second-order valence-corrected chi connectivity index (χ2v) is 6.04. The van der Waals surface area contributed by atoms with Crippen molar-refractivity contribution in [2.24, 2.45) is 0 Å². The van der Waals surface area contributed by atoms with Gasteiger partial charge in [-0.25, -0.2) is 9.78 Å². The molecule has 0 atom stereocenters. The Labute approximate surface area is 140 Å². The summed E-state index contributed by atoms with van der Waals surface area (Å²) in [6.07, 6.45) is 3.67. The van der Waals surface area contributed by atoms with Crippen LogP contribution in [0, 0.1) is 0 Å². The van der Waals surface area contributed by atoms with Gasteiger partial charge < -0.3 is 9.30 Å². The minimum atomic E-state index is -0.400. The molecule has 0 saturated heterocycles. The molecule has 4 rings (SSSR count). The Balaban J connectivity index is 1.80. The van der Waals surface area contributed by atoms with Gasteiger partial charge in [-0.15, -0.1) is 0 Å². The number of ether oxygens (including phenoxy) is 1. The lowest BCUT2D eigenvalue weighted by atomic mass is 10.1. The van der Waals surface area contributed by atoms with E-state index in [1.165, 1.54) is 18.2 Å². The molecule has 0 fully saturated rings. The highest BCUT2D eigenvalue weighted by Gasteiger charge is 2.28. The SMILES string of the molecule is COC(=O)c1ncn(C2Cc3ccccc3C2)c1-c1ccccc1. The summed E-state index contributed by atoms with van der Waals surface area (Å²) in [4.78, 5) is 16.5. The molecule has 1 aliphatic carbocycles. The Kier molecular flexibility index (Phi) is 3.65. The van der Waals surface area contributed by atoms with Gasteiger partial charge >= 0.3 is 5.97 Å². The molecule has 1 heterocycles. The van der Waals surface area contributed by atoms with Gasteiger partial charge in [-0.05, 0) is 24.0 Å². The first-order valence-corrected chi connectivity index (χ1v) is 8.05. The van der Waals surface area contributed by atoms with E-state index in [-0.39, 0.29) is 6.04 Å². The van der Waals surface area contributed by atoms with Crippen molar-refractivity contribution in [1.29, 1.82) is 0 Å². The van der Waals surface area contributed by atoms with Gasteiger partial charge in [0.25, 0.3) is 0 Å². The molecule has 0 amide bonds. The summed E-state index contributed by atoms with van der Waals surface area (Å²) in [5, 5.41) is 0. The average Bonchev–Trinajstić information content (AvgIpc) is 3.25. The van der Waals surface area contributed by atoms with Crippen molar-refractivity contribution in [3.63, 3.8) is 0 Å². The van der Waals surface area contributed by atoms with Crippen molar-refractivity contribution < 1.29 is 9.53 Å². The number of carbonyl (C=O) groups excluding carboxylic acids is 1. The Morgan fingerprint density at radius 1 is 1.04 bits per heavy atom. The van der Waals surface area contributed by atoms with Crippen LogP contribution in [0.2, 0.25) is 0 Å². The van der Waals surface area contributed by atoms with Gasteiger partial charge in [-0.2, -0.15) is 0 Å². The largest absolute Gasteiger partial charge is 0.464 e. The molecule has 120 valence electrons. The molecule has 0 saturated carbocycles. The fourth-order valence-corrected chi connectivity index (χ4v) is 3.50. The van der Waals surface area contributed by atoms with Crippen LogP contribution >= 0.6 is 0 Å². The number of carbonyl (C=O) groups is 1. The summed E-state index contributed by atoms with van der Waals surface area (Å²) < 4.78 is 7.05. The van der Waals surface area contributed by atoms with Crippen LogP contribution in [0.1, 0.15) is 27.7 Å². The van der Waals surface area contributed by atoms with Crippen LogP contribution < -0.4 is 0 Å². The Morgan fingerprint density at radius 3 is 2.29 bits per heavy atom. The van der Waals surface area contributed by atoms with Crippen LogP contribution in [-0.2, 0) is 17.6 Å². The zero-order chi connectivity index (χ0) is 16.5. The number of nitrogens with zero attached hydrogens (tertiary/aromatic N) is 2. The van der Waals surface area contributed by atoms with E-state index >= 15 is 0 Å². The van der Waals surface area contributed by atoms with E-state index < -0.39 is 5.97 Å². The lowest BCUT2D eigenvalue weighted by molar-refractivity contribution is 0.0595. The van der Waals surface area contributed by atoms with Crippen LogP contribution in [0.3, 0.4) is 0 Å². The van der Waals surface area contributed by atoms with E-state index in [1.54, 1.807) is 6.33 Å². The average molecular weight is 318 g/mol. The van der Waals surface area contributed by atoms with E-state index in [9.17, 15) is 4.79 Å².